The van der Waals surface area contributed by atoms with Crippen LogP contribution in [0, 0.1) is 5.92 Å². The van der Waals surface area contributed by atoms with Crippen LogP contribution in [0.5, 0.6) is 0 Å². The number of rotatable bonds is 5. The van der Waals surface area contributed by atoms with E-state index in [9.17, 15) is 14.4 Å². The van der Waals surface area contributed by atoms with Gasteiger partial charge in [0.2, 0.25) is 6.41 Å². The molecule has 0 aromatic rings. The maximum atomic E-state index is 10.9. The standard InChI is InChI=1S/C8H13NO5/c1-6(7(11)12)3-4-9(5-10)8(13)14-2/h5-6H,3-4H2,1-2H3,(H,11,12). The lowest BCUT2D eigenvalue weighted by molar-refractivity contribution is -0.141. The number of hydrogen-bond donors (Lipinski definition) is 1. The van der Waals surface area contributed by atoms with Gasteiger partial charge in [0.25, 0.3) is 0 Å². The second kappa shape index (κ2) is 5.95. The summed E-state index contributed by atoms with van der Waals surface area (Å²) in [7, 11) is 1.15. The maximum absolute atomic E-state index is 10.9. The van der Waals surface area contributed by atoms with Crippen LogP contribution in [0.3, 0.4) is 0 Å². The third-order valence-electron chi connectivity index (χ3n) is 1.76. The molecule has 0 aliphatic heterocycles. The minimum absolute atomic E-state index is 0.0453. The number of aliphatic carboxylic acids is 1. The van der Waals surface area contributed by atoms with Crippen molar-refractivity contribution in [1.29, 1.82) is 0 Å². The molecule has 0 rings (SSSR count). The van der Waals surface area contributed by atoms with Crippen LogP contribution in [0.1, 0.15) is 13.3 Å². The number of carbonyl (C=O) groups is 3. The van der Waals surface area contributed by atoms with E-state index in [1.54, 1.807) is 0 Å². The van der Waals surface area contributed by atoms with E-state index in [0.717, 1.165) is 12.0 Å². The Balaban J connectivity index is 4.02. The van der Waals surface area contributed by atoms with Gasteiger partial charge in [-0.25, -0.2) is 4.79 Å². The van der Waals surface area contributed by atoms with E-state index in [4.69, 9.17) is 5.11 Å². The highest BCUT2D eigenvalue weighted by molar-refractivity contribution is 5.80. The molecule has 0 aliphatic carbocycles. The molecule has 0 radical (unpaired) electrons. The molecule has 0 bridgehead atoms. The smallest absolute Gasteiger partial charge is 0.416 e. The van der Waals surface area contributed by atoms with Gasteiger partial charge >= 0.3 is 12.1 Å². The highest BCUT2D eigenvalue weighted by Gasteiger charge is 2.16. The summed E-state index contributed by atoms with van der Waals surface area (Å²) in [6.45, 7) is 1.55. The Kier molecular flexibility index (Phi) is 5.28. The Morgan fingerprint density at radius 1 is 1.57 bits per heavy atom. The van der Waals surface area contributed by atoms with Crippen molar-refractivity contribution in [2.75, 3.05) is 13.7 Å². The molecule has 0 aromatic heterocycles. The number of hydrogen-bond acceptors (Lipinski definition) is 4. The van der Waals surface area contributed by atoms with Gasteiger partial charge in [-0.2, -0.15) is 0 Å². The molecular formula is C8H13NO5. The van der Waals surface area contributed by atoms with E-state index in [2.05, 4.69) is 4.74 Å². The molecule has 0 heterocycles. The lowest BCUT2D eigenvalue weighted by Crippen LogP contribution is -2.32. The molecule has 0 saturated heterocycles. The van der Waals surface area contributed by atoms with Gasteiger partial charge in [0, 0.05) is 6.54 Å². The number of carbonyl (C=O) groups excluding carboxylic acids is 2. The Labute approximate surface area is 81.4 Å². The summed E-state index contributed by atoms with van der Waals surface area (Å²) in [4.78, 5) is 32.4. The number of imide groups is 1. The third-order valence-corrected chi connectivity index (χ3v) is 1.76. The summed E-state index contributed by atoms with van der Waals surface area (Å²) in [5.74, 6) is -1.55. The van der Waals surface area contributed by atoms with Crippen molar-refractivity contribution in [3.63, 3.8) is 0 Å². The number of carboxylic acid groups (broad SMARTS) is 1. The summed E-state index contributed by atoms with van der Waals surface area (Å²) >= 11 is 0. The number of nitrogens with zero attached hydrogens (tertiary/aromatic N) is 1. The first-order chi connectivity index (χ1) is 6.52. The largest absolute Gasteiger partial charge is 0.481 e. The molecule has 1 N–H and O–H groups in total. The highest BCUT2D eigenvalue weighted by Crippen LogP contribution is 2.03. The quantitative estimate of drug-likeness (QED) is 0.650. The van der Waals surface area contributed by atoms with E-state index in [1.165, 1.54) is 6.92 Å². The van der Waals surface area contributed by atoms with Crippen molar-refractivity contribution in [1.82, 2.24) is 4.90 Å². The predicted octanol–water partition coefficient (Wildman–Crippen LogP) is 0.322. The SMILES string of the molecule is COC(=O)N(C=O)CCC(C)C(=O)O. The summed E-state index contributed by atoms with van der Waals surface area (Å²) < 4.78 is 4.30. The molecule has 6 heteroatoms. The fourth-order valence-electron chi connectivity index (χ4n) is 0.760. The van der Waals surface area contributed by atoms with Crippen molar-refractivity contribution in [2.45, 2.75) is 13.3 Å². The van der Waals surface area contributed by atoms with Crippen LogP contribution >= 0.6 is 0 Å². The van der Waals surface area contributed by atoms with Gasteiger partial charge in [-0.3, -0.25) is 14.5 Å². The molecule has 0 aliphatic rings. The highest BCUT2D eigenvalue weighted by atomic mass is 16.5. The molecular weight excluding hydrogens is 190 g/mol. The average Bonchev–Trinajstić information content (AvgIpc) is 2.17. The van der Waals surface area contributed by atoms with Crippen LogP contribution in [0.4, 0.5) is 4.79 Å². The molecule has 6 nitrogen and oxygen atoms in total. The van der Waals surface area contributed by atoms with Crippen LogP contribution in [-0.2, 0) is 14.3 Å². The van der Waals surface area contributed by atoms with E-state index >= 15 is 0 Å². The number of methoxy groups -OCH3 is 1. The number of amides is 2. The van der Waals surface area contributed by atoms with Crippen molar-refractivity contribution in [3.8, 4) is 0 Å². The van der Waals surface area contributed by atoms with E-state index in [-0.39, 0.29) is 13.0 Å². The Bertz CT molecular complexity index is 228. The fourth-order valence-corrected chi connectivity index (χ4v) is 0.760. The molecule has 0 fully saturated rings. The second-order valence-electron chi connectivity index (χ2n) is 2.80. The minimum atomic E-state index is -0.958. The molecule has 2 amide bonds. The molecule has 0 saturated carbocycles. The summed E-state index contributed by atoms with van der Waals surface area (Å²) in [6.07, 6.45) is -0.249. The lowest BCUT2D eigenvalue weighted by Gasteiger charge is -2.14. The van der Waals surface area contributed by atoms with Gasteiger partial charge in [-0.15, -0.1) is 0 Å². The first-order valence-electron chi connectivity index (χ1n) is 4.05. The van der Waals surface area contributed by atoms with Crippen molar-refractivity contribution >= 4 is 18.5 Å². The Morgan fingerprint density at radius 2 is 2.14 bits per heavy atom. The monoisotopic (exact) mass is 203 g/mol. The second-order valence-corrected chi connectivity index (χ2v) is 2.80. The Morgan fingerprint density at radius 3 is 2.50 bits per heavy atom. The minimum Gasteiger partial charge on any atom is -0.481 e. The first kappa shape index (κ1) is 12.4. The van der Waals surface area contributed by atoms with Gasteiger partial charge in [-0.05, 0) is 6.42 Å². The zero-order valence-electron chi connectivity index (χ0n) is 8.10. The third kappa shape index (κ3) is 3.88. The molecule has 14 heavy (non-hydrogen) atoms. The number of carboxylic acids is 1. The normalized spacial score (nSPS) is 11.6. The van der Waals surface area contributed by atoms with Crippen molar-refractivity contribution < 1.29 is 24.2 Å². The van der Waals surface area contributed by atoms with E-state index < -0.39 is 18.0 Å². The maximum Gasteiger partial charge on any atom is 0.416 e. The average molecular weight is 203 g/mol. The van der Waals surface area contributed by atoms with Gasteiger partial charge in [-0.1, -0.05) is 6.92 Å². The molecule has 80 valence electrons. The van der Waals surface area contributed by atoms with Gasteiger partial charge in [0.05, 0.1) is 13.0 Å². The summed E-state index contributed by atoms with van der Waals surface area (Å²) in [5, 5.41) is 8.54. The first-order valence-corrected chi connectivity index (χ1v) is 4.05. The van der Waals surface area contributed by atoms with Crippen LogP contribution in [-0.4, -0.2) is 42.1 Å². The zero-order valence-corrected chi connectivity index (χ0v) is 8.10. The summed E-state index contributed by atoms with van der Waals surface area (Å²) in [5.41, 5.74) is 0. The van der Waals surface area contributed by atoms with Crippen LogP contribution < -0.4 is 0 Å². The van der Waals surface area contributed by atoms with Crippen LogP contribution in [0.15, 0.2) is 0 Å². The molecule has 0 spiro atoms. The van der Waals surface area contributed by atoms with Gasteiger partial charge in [0.1, 0.15) is 0 Å². The topological polar surface area (TPSA) is 83.9 Å². The van der Waals surface area contributed by atoms with Crippen molar-refractivity contribution in [2.24, 2.45) is 5.92 Å². The van der Waals surface area contributed by atoms with Crippen molar-refractivity contribution in [3.05, 3.63) is 0 Å². The number of ether oxygens (including phenoxy) is 1. The van der Waals surface area contributed by atoms with E-state index in [1.807, 2.05) is 0 Å². The van der Waals surface area contributed by atoms with Gasteiger partial charge < -0.3 is 9.84 Å². The molecule has 1 unspecified atom stereocenters. The molecule has 1 atom stereocenters. The predicted molar refractivity (Wildman–Crippen MR) is 46.6 cm³/mol. The fraction of sp³-hybridized carbons (Fsp3) is 0.625. The van der Waals surface area contributed by atoms with Crippen LogP contribution in [0.2, 0.25) is 0 Å². The van der Waals surface area contributed by atoms with E-state index in [0.29, 0.717) is 6.41 Å². The Hall–Kier alpha value is -1.59. The molecule has 0 aromatic carbocycles. The van der Waals surface area contributed by atoms with Gasteiger partial charge in [0.15, 0.2) is 0 Å². The van der Waals surface area contributed by atoms with Crippen LogP contribution in [0.25, 0.3) is 0 Å². The lowest BCUT2D eigenvalue weighted by atomic mass is 10.1. The zero-order chi connectivity index (χ0) is 11.1. The summed E-state index contributed by atoms with van der Waals surface area (Å²) in [6, 6.07) is 0.